The third kappa shape index (κ3) is 6.26. The van der Waals surface area contributed by atoms with Crippen molar-refractivity contribution >= 4 is 11.9 Å². The van der Waals surface area contributed by atoms with E-state index in [4.69, 9.17) is 0 Å². The molecule has 3 N–H and O–H groups in total. The molecule has 1 atom stereocenters. The molecule has 0 radical (unpaired) electrons. The average Bonchev–Trinajstić information content (AvgIpc) is 2.75. The van der Waals surface area contributed by atoms with Gasteiger partial charge >= 0.3 is 6.03 Å². The summed E-state index contributed by atoms with van der Waals surface area (Å²) in [4.78, 5) is 24.1. The van der Waals surface area contributed by atoms with Crippen molar-refractivity contribution < 1.29 is 14.0 Å². The van der Waals surface area contributed by atoms with Crippen molar-refractivity contribution in [2.24, 2.45) is 0 Å². The molecule has 6 heteroatoms. The molecule has 3 rings (SSSR count). The van der Waals surface area contributed by atoms with Gasteiger partial charge in [0.1, 0.15) is 5.82 Å². The van der Waals surface area contributed by atoms with E-state index in [1.54, 1.807) is 12.1 Å². The van der Waals surface area contributed by atoms with Gasteiger partial charge in [-0.15, -0.1) is 0 Å². The molecule has 0 aromatic heterocycles. The summed E-state index contributed by atoms with van der Waals surface area (Å²) in [6.45, 7) is 0.255. The number of imide groups is 1. The third-order valence-electron chi connectivity index (χ3n) is 4.35. The van der Waals surface area contributed by atoms with Crippen molar-refractivity contribution in [3.05, 3.63) is 107 Å². The number of halogens is 1. The van der Waals surface area contributed by atoms with Crippen LogP contribution in [-0.4, -0.2) is 18.5 Å². The Morgan fingerprint density at radius 2 is 1.38 bits per heavy atom. The van der Waals surface area contributed by atoms with Crippen LogP contribution >= 0.6 is 0 Å². The molecular formula is C23H22FN3O2. The Labute approximate surface area is 169 Å². The standard InChI is InChI=1S/C23H22FN3O2/c24-20-13-11-19(12-14-20)22(18-9-5-2-6-10-18)25-16-21(28)27-23(29)26-15-17-7-3-1-4-8-17/h1-14,22,25H,15-16H2,(H2,26,27,28,29). The summed E-state index contributed by atoms with van der Waals surface area (Å²) in [7, 11) is 0. The van der Waals surface area contributed by atoms with Crippen molar-refractivity contribution in [1.82, 2.24) is 16.0 Å². The van der Waals surface area contributed by atoms with E-state index in [1.807, 2.05) is 60.7 Å². The molecule has 0 spiro atoms. The van der Waals surface area contributed by atoms with Gasteiger partial charge in [0.15, 0.2) is 0 Å². The molecule has 148 valence electrons. The summed E-state index contributed by atoms with van der Waals surface area (Å²) in [6.07, 6.45) is 0. The molecule has 0 aliphatic rings. The fraction of sp³-hybridized carbons (Fsp3) is 0.130. The maximum atomic E-state index is 13.3. The highest BCUT2D eigenvalue weighted by Crippen LogP contribution is 2.22. The SMILES string of the molecule is O=C(CNC(c1ccccc1)c1ccc(F)cc1)NC(=O)NCc1ccccc1. The molecule has 0 aliphatic carbocycles. The topological polar surface area (TPSA) is 70.2 Å². The first-order chi connectivity index (χ1) is 14.1. The van der Waals surface area contributed by atoms with Crippen molar-refractivity contribution in [1.29, 1.82) is 0 Å². The lowest BCUT2D eigenvalue weighted by atomic mass is 9.98. The highest BCUT2D eigenvalue weighted by molar-refractivity contribution is 5.95. The fourth-order valence-electron chi connectivity index (χ4n) is 2.92. The highest BCUT2D eigenvalue weighted by atomic mass is 19.1. The number of amides is 3. The number of carbonyl (C=O) groups excluding carboxylic acids is 2. The number of rotatable bonds is 7. The molecule has 29 heavy (non-hydrogen) atoms. The first-order valence-electron chi connectivity index (χ1n) is 9.27. The van der Waals surface area contributed by atoms with Crippen molar-refractivity contribution in [3.8, 4) is 0 Å². The van der Waals surface area contributed by atoms with E-state index >= 15 is 0 Å². The largest absolute Gasteiger partial charge is 0.334 e. The minimum Gasteiger partial charge on any atom is -0.334 e. The van der Waals surface area contributed by atoms with E-state index in [2.05, 4.69) is 16.0 Å². The number of urea groups is 1. The first-order valence-corrected chi connectivity index (χ1v) is 9.27. The van der Waals surface area contributed by atoms with Gasteiger partial charge in [0.25, 0.3) is 0 Å². The minimum absolute atomic E-state index is 0.0737. The quantitative estimate of drug-likeness (QED) is 0.577. The van der Waals surface area contributed by atoms with Gasteiger partial charge in [0.05, 0.1) is 12.6 Å². The molecule has 0 saturated heterocycles. The zero-order valence-corrected chi connectivity index (χ0v) is 15.8. The summed E-state index contributed by atoms with van der Waals surface area (Å²) in [5.41, 5.74) is 2.69. The van der Waals surface area contributed by atoms with Gasteiger partial charge in [0, 0.05) is 6.54 Å². The van der Waals surface area contributed by atoms with Crippen LogP contribution in [0.3, 0.4) is 0 Å². The van der Waals surface area contributed by atoms with Crippen LogP contribution in [0.15, 0.2) is 84.9 Å². The van der Waals surface area contributed by atoms with E-state index < -0.39 is 11.9 Å². The second-order valence-corrected chi connectivity index (χ2v) is 6.49. The van der Waals surface area contributed by atoms with Crippen LogP contribution in [0, 0.1) is 5.82 Å². The molecule has 1 unspecified atom stereocenters. The number of nitrogens with one attached hydrogen (secondary N) is 3. The Kier molecular flexibility index (Phi) is 7.08. The molecule has 5 nitrogen and oxygen atoms in total. The van der Waals surface area contributed by atoms with Crippen molar-refractivity contribution in [2.75, 3.05) is 6.54 Å². The zero-order valence-electron chi connectivity index (χ0n) is 15.8. The number of hydrogen-bond donors (Lipinski definition) is 3. The van der Waals surface area contributed by atoms with Crippen LogP contribution in [0.5, 0.6) is 0 Å². The smallest absolute Gasteiger partial charge is 0.321 e. The predicted molar refractivity (Wildman–Crippen MR) is 110 cm³/mol. The molecule has 0 saturated carbocycles. The van der Waals surface area contributed by atoms with Crippen LogP contribution in [0.25, 0.3) is 0 Å². The Hall–Kier alpha value is -3.51. The fourth-order valence-corrected chi connectivity index (χ4v) is 2.92. The Morgan fingerprint density at radius 3 is 2.03 bits per heavy atom. The first kappa shape index (κ1) is 20.2. The van der Waals surface area contributed by atoms with Gasteiger partial charge in [-0.3, -0.25) is 15.4 Å². The molecule has 0 heterocycles. The lowest BCUT2D eigenvalue weighted by molar-refractivity contribution is -0.119. The van der Waals surface area contributed by atoms with Crippen molar-refractivity contribution in [2.45, 2.75) is 12.6 Å². The van der Waals surface area contributed by atoms with E-state index in [-0.39, 0.29) is 18.4 Å². The van der Waals surface area contributed by atoms with Gasteiger partial charge < -0.3 is 5.32 Å². The minimum atomic E-state index is -0.557. The van der Waals surface area contributed by atoms with E-state index in [0.29, 0.717) is 6.54 Å². The van der Waals surface area contributed by atoms with Crippen molar-refractivity contribution in [3.63, 3.8) is 0 Å². The lowest BCUT2D eigenvalue weighted by Gasteiger charge is -2.19. The van der Waals surface area contributed by atoms with Crippen LogP contribution in [-0.2, 0) is 11.3 Å². The van der Waals surface area contributed by atoms with E-state index in [9.17, 15) is 14.0 Å². The molecule has 0 bridgehead atoms. The van der Waals surface area contributed by atoms with Crippen LogP contribution in [0.2, 0.25) is 0 Å². The summed E-state index contributed by atoms with van der Waals surface area (Å²) in [5, 5.41) is 8.09. The number of carbonyl (C=O) groups is 2. The number of hydrogen-bond acceptors (Lipinski definition) is 3. The van der Waals surface area contributed by atoms with Gasteiger partial charge in [0.2, 0.25) is 5.91 Å². The maximum Gasteiger partial charge on any atom is 0.321 e. The van der Waals surface area contributed by atoms with Gasteiger partial charge in [-0.05, 0) is 28.8 Å². The molecule has 3 aromatic rings. The highest BCUT2D eigenvalue weighted by Gasteiger charge is 2.16. The summed E-state index contributed by atoms with van der Waals surface area (Å²) in [6, 6.07) is 24.2. The zero-order chi connectivity index (χ0) is 20.5. The van der Waals surface area contributed by atoms with E-state index in [0.717, 1.165) is 16.7 Å². The van der Waals surface area contributed by atoms with Gasteiger partial charge in [-0.25, -0.2) is 9.18 Å². The van der Waals surface area contributed by atoms with Gasteiger partial charge in [-0.2, -0.15) is 0 Å². The van der Waals surface area contributed by atoms with Crippen LogP contribution in [0.4, 0.5) is 9.18 Å². The molecule has 3 amide bonds. The summed E-state index contributed by atoms with van der Waals surface area (Å²) in [5.74, 6) is -0.785. The molecule has 0 fully saturated rings. The van der Waals surface area contributed by atoms with E-state index in [1.165, 1.54) is 12.1 Å². The summed E-state index contributed by atoms with van der Waals surface area (Å²) >= 11 is 0. The second-order valence-electron chi connectivity index (χ2n) is 6.49. The van der Waals surface area contributed by atoms with Crippen LogP contribution in [0.1, 0.15) is 22.7 Å². The summed E-state index contributed by atoms with van der Waals surface area (Å²) < 4.78 is 13.3. The second kappa shape index (κ2) is 10.1. The van der Waals surface area contributed by atoms with Crippen LogP contribution < -0.4 is 16.0 Å². The monoisotopic (exact) mass is 391 g/mol. The Morgan fingerprint density at radius 1 is 0.793 bits per heavy atom. The molecule has 0 aliphatic heterocycles. The number of benzene rings is 3. The Balaban J connectivity index is 1.56. The average molecular weight is 391 g/mol. The lowest BCUT2D eigenvalue weighted by Crippen LogP contribution is -2.43. The Bertz CT molecular complexity index is 931. The predicted octanol–water partition coefficient (Wildman–Crippen LogP) is 3.53. The third-order valence-corrected chi connectivity index (χ3v) is 4.35. The molecule has 3 aromatic carbocycles. The molecular weight excluding hydrogens is 369 g/mol. The normalized spacial score (nSPS) is 11.5. The maximum absolute atomic E-state index is 13.3. The van der Waals surface area contributed by atoms with Gasteiger partial charge in [-0.1, -0.05) is 72.8 Å².